The molecule has 1 atom stereocenters. The fraction of sp³-hybridized carbons (Fsp3) is 0.600. The molecule has 126 valence electrons. The second kappa shape index (κ2) is 5.67. The molecule has 5 nitrogen and oxygen atoms in total. The summed E-state index contributed by atoms with van der Waals surface area (Å²) in [5, 5.41) is 2.89. The van der Waals surface area contributed by atoms with E-state index in [1.54, 1.807) is 11.0 Å². The fourth-order valence-electron chi connectivity index (χ4n) is 3.03. The molecule has 0 unspecified atom stereocenters. The number of aromatic nitrogens is 1. The van der Waals surface area contributed by atoms with Crippen LogP contribution in [0.25, 0.3) is 0 Å². The summed E-state index contributed by atoms with van der Waals surface area (Å²) in [6, 6.07) is 3.88. The van der Waals surface area contributed by atoms with E-state index in [0.717, 1.165) is 6.07 Å². The molecule has 1 amide bonds. The molecule has 0 radical (unpaired) electrons. The highest BCUT2D eigenvalue weighted by Gasteiger charge is 2.46. The van der Waals surface area contributed by atoms with E-state index in [2.05, 4.69) is 10.3 Å². The smallest absolute Gasteiger partial charge is 0.356 e. The molecule has 0 bridgehead atoms. The Bertz CT molecular complexity index is 598. The molecule has 1 spiro atoms. The van der Waals surface area contributed by atoms with E-state index >= 15 is 0 Å². The van der Waals surface area contributed by atoms with Gasteiger partial charge in [-0.3, -0.25) is 4.79 Å². The van der Waals surface area contributed by atoms with Gasteiger partial charge in [-0.25, -0.2) is 4.98 Å². The first-order valence-corrected chi connectivity index (χ1v) is 7.62. The molecule has 2 fully saturated rings. The number of halogens is 3. The van der Waals surface area contributed by atoms with Crippen LogP contribution in [0.5, 0.6) is 0 Å². The van der Waals surface area contributed by atoms with Gasteiger partial charge in [0.25, 0.3) is 5.91 Å². The van der Waals surface area contributed by atoms with Gasteiger partial charge in [-0.05, 0) is 18.6 Å². The third-order valence-electron chi connectivity index (χ3n) is 4.30. The Labute approximate surface area is 131 Å². The minimum absolute atomic E-state index is 0.113. The zero-order valence-corrected chi connectivity index (χ0v) is 12.7. The predicted octanol–water partition coefficient (Wildman–Crippen LogP) is 2.32. The Hall–Kier alpha value is -1.83. The number of carbonyl (C=O) groups excluding carboxylic acids is 1. The van der Waals surface area contributed by atoms with Crippen molar-refractivity contribution in [3.63, 3.8) is 0 Å². The van der Waals surface area contributed by atoms with Crippen LogP contribution in [0.3, 0.4) is 0 Å². The molecule has 2 aliphatic rings. The molecule has 2 saturated heterocycles. The molecular formula is C15H18F3N3O2. The van der Waals surface area contributed by atoms with Crippen LogP contribution < -0.4 is 10.2 Å². The number of nitrogens with one attached hydrogen (secondary N) is 1. The number of amides is 1. The van der Waals surface area contributed by atoms with Gasteiger partial charge in [-0.2, -0.15) is 13.2 Å². The third kappa shape index (κ3) is 3.12. The average molecular weight is 329 g/mol. The van der Waals surface area contributed by atoms with Crippen molar-refractivity contribution < 1.29 is 22.7 Å². The number of ether oxygens (including phenoxy) is 1. The van der Waals surface area contributed by atoms with Crippen LogP contribution in [0.15, 0.2) is 18.2 Å². The summed E-state index contributed by atoms with van der Waals surface area (Å²) >= 11 is 0. The van der Waals surface area contributed by atoms with E-state index in [9.17, 15) is 18.0 Å². The quantitative estimate of drug-likeness (QED) is 0.905. The summed E-state index contributed by atoms with van der Waals surface area (Å²) in [6.45, 7) is 2.83. The predicted molar refractivity (Wildman–Crippen MR) is 76.7 cm³/mol. The van der Waals surface area contributed by atoms with Crippen LogP contribution in [0.2, 0.25) is 0 Å². The highest BCUT2D eigenvalue weighted by Crippen LogP contribution is 2.33. The number of rotatable bonds is 2. The Balaban J connectivity index is 1.69. The maximum Gasteiger partial charge on any atom is 0.433 e. The van der Waals surface area contributed by atoms with Crippen molar-refractivity contribution in [1.29, 1.82) is 0 Å². The molecule has 3 heterocycles. The first-order chi connectivity index (χ1) is 10.8. The fourth-order valence-corrected chi connectivity index (χ4v) is 3.03. The minimum Gasteiger partial charge on any atom is -0.356 e. The van der Waals surface area contributed by atoms with Gasteiger partial charge in [0.05, 0.1) is 0 Å². The van der Waals surface area contributed by atoms with E-state index in [1.807, 2.05) is 6.92 Å². The zero-order valence-electron chi connectivity index (χ0n) is 12.7. The number of anilines is 1. The summed E-state index contributed by atoms with van der Waals surface area (Å²) in [6.07, 6.45) is -3.25. The summed E-state index contributed by atoms with van der Waals surface area (Å²) in [4.78, 5) is 17.3. The number of hydrogen-bond acceptors (Lipinski definition) is 4. The van der Waals surface area contributed by atoms with E-state index in [-0.39, 0.29) is 5.91 Å². The van der Waals surface area contributed by atoms with Crippen LogP contribution in [-0.4, -0.2) is 35.8 Å². The van der Waals surface area contributed by atoms with Gasteiger partial charge in [0.2, 0.25) is 0 Å². The van der Waals surface area contributed by atoms with Gasteiger partial charge < -0.3 is 15.0 Å². The first kappa shape index (κ1) is 16.0. The van der Waals surface area contributed by atoms with Crippen LogP contribution in [0, 0.1) is 0 Å². The standard InChI is InChI=1S/C15H18F3N3O2/c1-2-10-13(22)20-14(23-10)6-8-21(9-7-14)12-5-3-4-11(19-12)15(16,17)18/h3-5,10H,2,6-9H2,1H3,(H,20,22)/t10-/m0/s1. The summed E-state index contributed by atoms with van der Waals surface area (Å²) in [5.74, 6) is 0.184. The van der Waals surface area contributed by atoms with Crippen LogP contribution in [0.1, 0.15) is 31.9 Å². The van der Waals surface area contributed by atoms with Crippen molar-refractivity contribution in [3.8, 4) is 0 Å². The van der Waals surface area contributed by atoms with E-state index in [1.165, 1.54) is 6.07 Å². The van der Waals surface area contributed by atoms with Gasteiger partial charge in [0, 0.05) is 25.9 Å². The second-order valence-electron chi connectivity index (χ2n) is 5.86. The molecule has 23 heavy (non-hydrogen) atoms. The van der Waals surface area contributed by atoms with Crippen LogP contribution >= 0.6 is 0 Å². The number of hydrogen-bond donors (Lipinski definition) is 1. The number of nitrogens with zero attached hydrogens (tertiary/aromatic N) is 2. The SMILES string of the molecule is CC[C@@H]1OC2(CCN(c3cccc(C(F)(F)F)n3)CC2)NC1=O. The number of pyridine rings is 1. The van der Waals surface area contributed by atoms with Gasteiger partial charge in [0.15, 0.2) is 0 Å². The van der Waals surface area contributed by atoms with Gasteiger partial charge >= 0.3 is 6.18 Å². The first-order valence-electron chi connectivity index (χ1n) is 7.62. The van der Waals surface area contributed by atoms with E-state index in [0.29, 0.717) is 38.2 Å². The minimum atomic E-state index is -4.45. The maximum absolute atomic E-state index is 12.8. The summed E-state index contributed by atoms with van der Waals surface area (Å²) < 4.78 is 44.1. The van der Waals surface area contributed by atoms with E-state index in [4.69, 9.17) is 4.74 Å². The van der Waals surface area contributed by atoms with Crippen molar-refractivity contribution in [2.75, 3.05) is 18.0 Å². The summed E-state index contributed by atoms with van der Waals surface area (Å²) in [7, 11) is 0. The van der Waals surface area contributed by atoms with Crippen molar-refractivity contribution in [2.45, 2.75) is 44.2 Å². The molecular weight excluding hydrogens is 311 g/mol. The number of carbonyl (C=O) groups is 1. The van der Waals surface area contributed by atoms with Crippen LogP contribution in [0.4, 0.5) is 19.0 Å². The zero-order chi connectivity index (χ0) is 16.7. The largest absolute Gasteiger partial charge is 0.433 e. The van der Waals surface area contributed by atoms with Crippen molar-refractivity contribution in [3.05, 3.63) is 23.9 Å². The Morgan fingerprint density at radius 3 is 2.65 bits per heavy atom. The molecule has 1 aromatic rings. The highest BCUT2D eigenvalue weighted by atomic mass is 19.4. The average Bonchev–Trinajstić information content (AvgIpc) is 2.83. The van der Waals surface area contributed by atoms with Crippen molar-refractivity contribution in [1.82, 2.24) is 10.3 Å². The Morgan fingerprint density at radius 2 is 2.09 bits per heavy atom. The van der Waals surface area contributed by atoms with Crippen LogP contribution in [-0.2, 0) is 15.7 Å². The molecule has 0 aromatic carbocycles. The van der Waals surface area contributed by atoms with Crippen molar-refractivity contribution >= 4 is 11.7 Å². The van der Waals surface area contributed by atoms with Gasteiger partial charge in [0.1, 0.15) is 23.3 Å². The molecule has 2 aliphatic heterocycles. The second-order valence-corrected chi connectivity index (χ2v) is 5.86. The molecule has 0 aliphatic carbocycles. The maximum atomic E-state index is 12.8. The highest BCUT2D eigenvalue weighted by molar-refractivity contribution is 5.83. The third-order valence-corrected chi connectivity index (χ3v) is 4.30. The lowest BCUT2D eigenvalue weighted by Gasteiger charge is -2.39. The Kier molecular flexibility index (Phi) is 3.95. The van der Waals surface area contributed by atoms with Gasteiger partial charge in [-0.1, -0.05) is 13.0 Å². The lowest BCUT2D eigenvalue weighted by molar-refractivity contribution is -0.141. The molecule has 1 N–H and O–H groups in total. The molecule has 8 heteroatoms. The number of alkyl halides is 3. The molecule has 0 saturated carbocycles. The lowest BCUT2D eigenvalue weighted by Crippen LogP contribution is -2.52. The monoisotopic (exact) mass is 329 g/mol. The lowest BCUT2D eigenvalue weighted by atomic mass is 10.0. The van der Waals surface area contributed by atoms with Crippen molar-refractivity contribution in [2.24, 2.45) is 0 Å². The normalized spacial score (nSPS) is 24.1. The van der Waals surface area contributed by atoms with Gasteiger partial charge in [-0.15, -0.1) is 0 Å². The number of piperidine rings is 1. The topological polar surface area (TPSA) is 54.5 Å². The molecule has 3 rings (SSSR count). The molecule has 1 aromatic heterocycles. The summed E-state index contributed by atoms with van der Waals surface area (Å²) in [5.41, 5.74) is -1.58. The Morgan fingerprint density at radius 1 is 1.39 bits per heavy atom. The van der Waals surface area contributed by atoms with E-state index < -0.39 is 23.7 Å².